The van der Waals surface area contributed by atoms with Crippen molar-refractivity contribution in [3.8, 4) is 0 Å². The third-order valence-corrected chi connectivity index (χ3v) is 4.75. The Hall–Kier alpha value is -0.750. The number of halogens is 2. The minimum absolute atomic E-state index is 0. The maximum absolute atomic E-state index is 13.1. The molecule has 1 aromatic heterocycles. The van der Waals surface area contributed by atoms with Crippen LogP contribution in [0.3, 0.4) is 0 Å². The number of thiazole rings is 1. The van der Waals surface area contributed by atoms with Crippen molar-refractivity contribution in [2.24, 2.45) is 0 Å². The van der Waals surface area contributed by atoms with Gasteiger partial charge in [0.25, 0.3) is 0 Å². The van der Waals surface area contributed by atoms with Gasteiger partial charge in [-0.3, -0.25) is 4.90 Å². The second kappa shape index (κ2) is 6.80. The maximum Gasteiger partial charge on any atom is 0.124 e. The Labute approximate surface area is 128 Å². The lowest BCUT2D eigenvalue weighted by Gasteiger charge is -2.30. The minimum atomic E-state index is -0.183. The van der Waals surface area contributed by atoms with E-state index in [4.69, 9.17) is 0 Å². The van der Waals surface area contributed by atoms with Crippen LogP contribution in [0.4, 0.5) is 4.39 Å². The zero-order valence-corrected chi connectivity index (χ0v) is 13.1. The SMILES string of the molecule is CNC1CCN(Cc2nc3ccc(F)cc3s2)CC1.Cl. The smallest absolute Gasteiger partial charge is 0.124 e. The number of fused-ring (bicyclic) bond motifs is 1. The Balaban J connectivity index is 0.00000147. The van der Waals surface area contributed by atoms with Crippen LogP contribution in [0.2, 0.25) is 0 Å². The number of hydrogen-bond donors (Lipinski definition) is 1. The van der Waals surface area contributed by atoms with Crippen molar-refractivity contribution in [2.45, 2.75) is 25.4 Å². The lowest BCUT2D eigenvalue weighted by molar-refractivity contribution is 0.194. The molecule has 1 aliphatic rings. The highest BCUT2D eigenvalue weighted by Crippen LogP contribution is 2.24. The fourth-order valence-electron chi connectivity index (χ4n) is 2.58. The molecule has 0 bridgehead atoms. The molecule has 0 saturated carbocycles. The molecule has 6 heteroatoms. The van der Waals surface area contributed by atoms with Crippen LogP contribution in [0.5, 0.6) is 0 Å². The van der Waals surface area contributed by atoms with Crippen molar-refractivity contribution in [1.82, 2.24) is 15.2 Å². The van der Waals surface area contributed by atoms with Crippen molar-refractivity contribution in [3.63, 3.8) is 0 Å². The summed E-state index contributed by atoms with van der Waals surface area (Å²) in [6.07, 6.45) is 2.38. The second-order valence-electron chi connectivity index (χ2n) is 5.06. The molecule has 1 fully saturated rings. The van der Waals surface area contributed by atoms with Gasteiger partial charge in [-0.15, -0.1) is 23.7 Å². The molecule has 1 saturated heterocycles. The van der Waals surface area contributed by atoms with E-state index in [1.54, 1.807) is 23.5 Å². The molecular weight excluding hydrogens is 297 g/mol. The van der Waals surface area contributed by atoms with Gasteiger partial charge >= 0.3 is 0 Å². The van der Waals surface area contributed by atoms with Crippen molar-refractivity contribution in [1.29, 1.82) is 0 Å². The molecule has 0 amide bonds. The van der Waals surface area contributed by atoms with Crippen LogP contribution in [0.1, 0.15) is 17.8 Å². The van der Waals surface area contributed by atoms with Gasteiger partial charge in [-0.05, 0) is 38.1 Å². The predicted octanol–water partition coefficient (Wildman–Crippen LogP) is 3.04. The zero-order valence-electron chi connectivity index (χ0n) is 11.4. The molecule has 110 valence electrons. The van der Waals surface area contributed by atoms with Crippen LogP contribution in [0.15, 0.2) is 18.2 Å². The quantitative estimate of drug-likeness (QED) is 0.943. The van der Waals surface area contributed by atoms with Gasteiger partial charge in [0.1, 0.15) is 10.8 Å². The third-order valence-electron chi connectivity index (χ3n) is 3.75. The number of hydrogen-bond acceptors (Lipinski definition) is 4. The summed E-state index contributed by atoms with van der Waals surface area (Å²) in [5.74, 6) is -0.183. The molecule has 1 N–H and O–H groups in total. The van der Waals surface area contributed by atoms with Crippen molar-refractivity contribution in [2.75, 3.05) is 20.1 Å². The molecular formula is C14H19ClFN3S. The molecule has 0 atom stereocenters. The summed E-state index contributed by atoms with van der Waals surface area (Å²) in [6.45, 7) is 3.10. The highest BCUT2D eigenvalue weighted by molar-refractivity contribution is 7.18. The Bertz CT molecular complexity index is 567. The maximum atomic E-state index is 13.1. The molecule has 2 heterocycles. The average molecular weight is 316 g/mol. The first-order valence-electron chi connectivity index (χ1n) is 6.69. The van der Waals surface area contributed by atoms with Crippen molar-refractivity contribution < 1.29 is 4.39 Å². The highest BCUT2D eigenvalue weighted by Gasteiger charge is 2.18. The van der Waals surface area contributed by atoms with Crippen LogP contribution >= 0.6 is 23.7 Å². The fourth-order valence-corrected chi connectivity index (χ4v) is 3.62. The second-order valence-corrected chi connectivity index (χ2v) is 6.17. The summed E-state index contributed by atoms with van der Waals surface area (Å²) in [6, 6.07) is 5.46. The summed E-state index contributed by atoms with van der Waals surface area (Å²) < 4.78 is 14.1. The van der Waals surface area contributed by atoms with E-state index in [1.807, 2.05) is 7.05 Å². The highest BCUT2D eigenvalue weighted by atomic mass is 35.5. The normalized spacial score (nSPS) is 17.3. The number of nitrogens with zero attached hydrogens (tertiary/aromatic N) is 2. The summed E-state index contributed by atoms with van der Waals surface area (Å²) in [7, 11) is 2.03. The fraction of sp³-hybridized carbons (Fsp3) is 0.500. The molecule has 20 heavy (non-hydrogen) atoms. The third kappa shape index (κ3) is 3.47. The van der Waals surface area contributed by atoms with E-state index >= 15 is 0 Å². The number of benzene rings is 1. The Kier molecular flexibility index (Phi) is 5.32. The summed E-state index contributed by atoms with van der Waals surface area (Å²) in [4.78, 5) is 7.01. The Morgan fingerprint density at radius 1 is 1.40 bits per heavy atom. The average Bonchev–Trinajstić information content (AvgIpc) is 2.81. The van der Waals surface area contributed by atoms with Gasteiger partial charge in [-0.2, -0.15) is 0 Å². The topological polar surface area (TPSA) is 28.2 Å². The zero-order chi connectivity index (χ0) is 13.2. The summed E-state index contributed by atoms with van der Waals surface area (Å²) in [5, 5.41) is 4.42. The first-order chi connectivity index (χ1) is 9.24. The van der Waals surface area contributed by atoms with Crippen LogP contribution in [-0.2, 0) is 6.54 Å². The lowest BCUT2D eigenvalue weighted by atomic mass is 10.1. The van der Waals surface area contributed by atoms with E-state index in [0.717, 1.165) is 34.9 Å². The van der Waals surface area contributed by atoms with Crippen LogP contribution < -0.4 is 5.32 Å². The molecule has 0 radical (unpaired) electrons. The summed E-state index contributed by atoms with van der Waals surface area (Å²) in [5.41, 5.74) is 0.909. The first kappa shape index (κ1) is 15.6. The van der Waals surface area contributed by atoms with Crippen LogP contribution in [0.25, 0.3) is 10.2 Å². The van der Waals surface area contributed by atoms with Gasteiger partial charge in [-0.1, -0.05) is 0 Å². The number of nitrogens with one attached hydrogen (secondary N) is 1. The van der Waals surface area contributed by atoms with Crippen molar-refractivity contribution >= 4 is 34.0 Å². The molecule has 0 aliphatic carbocycles. The molecule has 3 rings (SSSR count). The Morgan fingerprint density at radius 2 is 2.15 bits per heavy atom. The molecule has 1 aliphatic heterocycles. The molecule has 0 spiro atoms. The predicted molar refractivity (Wildman–Crippen MR) is 84.2 cm³/mol. The number of aromatic nitrogens is 1. The lowest BCUT2D eigenvalue weighted by Crippen LogP contribution is -2.40. The van der Waals surface area contributed by atoms with Gasteiger partial charge in [-0.25, -0.2) is 9.37 Å². The minimum Gasteiger partial charge on any atom is -0.317 e. The van der Waals surface area contributed by atoms with E-state index in [9.17, 15) is 4.39 Å². The monoisotopic (exact) mass is 315 g/mol. The van der Waals surface area contributed by atoms with Gasteiger partial charge in [0, 0.05) is 19.1 Å². The standard InChI is InChI=1S/C14H18FN3S.ClH/c1-16-11-4-6-18(7-5-11)9-14-17-12-3-2-10(15)8-13(12)19-14;/h2-3,8,11,16H,4-7,9H2,1H3;1H. The van der Waals surface area contributed by atoms with E-state index in [-0.39, 0.29) is 18.2 Å². The molecule has 1 aromatic carbocycles. The number of rotatable bonds is 3. The first-order valence-corrected chi connectivity index (χ1v) is 7.51. The summed E-state index contributed by atoms with van der Waals surface area (Å²) >= 11 is 1.60. The number of likely N-dealkylation sites (tertiary alicyclic amines) is 1. The Morgan fingerprint density at radius 3 is 2.85 bits per heavy atom. The van der Waals surface area contributed by atoms with Crippen molar-refractivity contribution in [3.05, 3.63) is 29.0 Å². The van der Waals surface area contributed by atoms with E-state index < -0.39 is 0 Å². The van der Waals surface area contributed by atoms with Crippen LogP contribution in [-0.4, -0.2) is 36.1 Å². The number of piperidine rings is 1. The van der Waals surface area contributed by atoms with Gasteiger partial charge in [0.15, 0.2) is 0 Å². The molecule has 0 unspecified atom stereocenters. The van der Waals surface area contributed by atoms with Gasteiger partial charge < -0.3 is 5.32 Å². The van der Waals surface area contributed by atoms with E-state index in [1.165, 1.54) is 18.9 Å². The van der Waals surface area contributed by atoms with Gasteiger partial charge in [0.05, 0.1) is 16.8 Å². The molecule has 3 nitrogen and oxygen atoms in total. The molecule has 2 aromatic rings. The van der Waals surface area contributed by atoms with Crippen LogP contribution in [0, 0.1) is 5.82 Å². The van der Waals surface area contributed by atoms with E-state index in [2.05, 4.69) is 15.2 Å². The van der Waals surface area contributed by atoms with Gasteiger partial charge in [0.2, 0.25) is 0 Å². The van der Waals surface area contributed by atoms with E-state index in [0.29, 0.717) is 6.04 Å². The largest absolute Gasteiger partial charge is 0.317 e.